The summed E-state index contributed by atoms with van der Waals surface area (Å²) in [5.41, 5.74) is 2.00. The molecule has 28 heavy (non-hydrogen) atoms. The lowest BCUT2D eigenvalue weighted by atomic mass is 10.0. The molecule has 4 rings (SSSR count). The number of aromatic amines is 1. The van der Waals surface area contributed by atoms with Gasteiger partial charge in [0.05, 0.1) is 28.3 Å². The van der Waals surface area contributed by atoms with Crippen molar-refractivity contribution in [2.24, 2.45) is 5.92 Å². The van der Waals surface area contributed by atoms with Gasteiger partial charge in [-0.1, -0.05) is 37.6 Å². The number of rotatable bonds is 5. The number of nitrogens with one attached hydrogen (secondary N) is 2. The predicted molar refractivity (Wildman–Crippen MR) is 110 cm³/mol. The molecular weight excluding hydrogens is 376 g/mol. The molecule has 3 aromatic rings. The average molecular weight is 399 g/mol. The Labute approximate surface area is 168 Å². The smallest absolute Gasteiger partial charge is 0.272 e. The van der Waals surface area contributed by atoms with Gasteiger partial charge in [0.2, 0.25) is 5.95 Å². The molecule has 0 aliphatic carbocycles. The van der Waals surface area contributed by atoms with Gasteiger partial charge in [-0.05, 0) is 30.9 Å². The van der Waals surface area contributed by atoms with Crippen LogP contribution in [-0.2, 0) is 0 Å². The van der Waals surface area contributed by atoms with Crippen LogP contribution in [-0.4, -0.2) is 38.9 Å². The Morgan fingerprint density at radius 2 is 1.96 bits per heavy atom. The summed E-state index contributed by atoms with van der Waals surface area (Å²) in [7, 11) is 0. The average Bonchev–Trinajstić information content (AvgIpc) is 3.35. The fraction of sp³-hybridized carbons (Fsp3) is 0.400. The lowest BCUT2D eigenvalue weighted by molar-refractivity contribution is 0.0918. The Hall–Kier alpha value is -2.67. The van der Waals surface area contributed by atoms with Gasteiger partial charge in [-0.15, -0.1) is 0 Å². The number of H-pyrrole nitrogens is 1. The number of amides is 1. The SMILES string of the molecule is CC(C)[C@H](NC(=O)c1nc(N2CCCC2)ncc1Cl)c1nc2ccccc2[nH]1. The summed E-state index contributed by atoms with van der Waals surface area (Å²) < 4.78 is 0. The second-order valence-corrected chi connectivity index (χ2v) is 7.80. The fourth-order valence-electron chi connectivity index (χ4n) is 3.47. The zero-order chi connectivity index (χ0) is 19.7. The predicted octanol–water partition coefficient (Wildman–Crippen LogP) is 3.73. The molecule has 146 valence electrons. The monoisotopic (exact) mass is 398 g/mol. The Morgan fingerprint density at radius 3 is 2.68 bits per heavy atom. The van der Waals surface area contributed by atoms with Crippen molar-refractivity contribution in [2.75, 3.05) is 18.0 Å². The van der Waals surface area contributed by atoms with Crippen LogP contribution >= 0.6 is 11.6 Å². The Bertz CT molecular complexity index is 962. The van der Waals surface area contributed by atoms with Crippen LogP contribution in [0.4, 0.5) is 5.95 Å². The van der Waals surface area contributed by atoms with Crippen molar-refractivity contribution in [3.05, 3.63) is 47.0 Å². The number of nitrogens with zero attached hydrogens (tertiary/aromatic N) is 4. The Morgan fingerprint density at radius 1 is 1.21 bits per heavy atom. The number of anilines is 1. The quantitative estimate of drug-likeness (QED) is 0.683. The van der Waals surface area contributed by atoms with Gasteiger partial charge in [0.1, 0.15) is 5.82 Å². The van der Waals surface area contributed by atoms with Crippen LogP contribution in [0.3, 0.4) is 0 Å². The number of benzene rings is 1. The molecule has 1 atom stereocenters. The summed E-state index contributed by atoms with van der Waals surface area (Å²) in [4.78, 5) is 31.7. The van der Waals surface area contributed by atoms with Gasteiger partial charge in [-0.2, -0.15) is 0 Å². The third-order valence-corrected chi connectivity index (χ3v) is 5.27. The van der Waals surface area contributed by atoms with Crippen LogP contribution in [0.1, 0.15) is 49.0 Å². The van der Waals surface area contributed by atoms with Crippen molar-refractivity contribution in [2.45, 2.75) is 32.7 Å². The highest BCUT2D eigenvalue weighted by atomic mass is 35.5. The molecule has 2 aromatic heterocycles. The molecule has 0 saturated carbocycles. The number of para-hydroxylation sites is 2. The number of imidazole rings is 1. The van der Waals surface area contributed by atoms with Crippen molar-refractivity contribution >= 4 is 34.5 Å². The van der Waals surface area contributed by atoms with Gasteiger partial charge < -0.3 is 15.2 Å². The molecule has 1 aliphatic heterocycles. The van der Waals surface area contributed by atoms with E-state index < -0.39 is 0 Å². The normalized spacial score (nSPS) is 15.4. The molecule has 3 heterocycles. The maximum atomic E-state index is 13.0. The Kier molecular flexibility index (Phi) is 5.17. The molecule has 0 unspecified atom stereocenters. The topological polar surface area (TPSA) is 86.8 Å². The van der Waals surface area contributed by atoms with Crippen LogP contribution < -0.4 is 10.2 Å². The maximum Gasteiger partial charge on any atom is 0.272 e. The molecule has 1 aromatic carbocycles. The number of fused-ring (bicyclic) bond motifs is 1. The molecule has 0 bridgehead atoms. The van der Waals surface area contributed by atoms with Gasteiger partial charge in [-0.25, -0.2) is 15.0 Å². The minimum Gasteiger partial charge on any atom is -0.341 e. The largest absolute Gasteiger partial charge is 0.341 e. The fourth-order valence-corrected chi connectivity index (χ4v) is 3.64. The highest BCUT2D eigenvalue weighted by Crippen LogP contribution is 2.24. The molecule has 7 nitrogen and oxygen atoms in total. The number of carbonyl (C=O) groups excluding carboxylic acids is 1. The van der Waals surface area contributed by atoms with Crippen LogP contribution in [0.5, 0.6) is 0 Å². The van der Waals surface area contributed by atoms with Crippen LogP contribution in [0.2, 0.25) is 5.02 Å². The van der Waals surface area contributed by atoms with Gasteiger partial charge in [0, 0.05) is 13.1 Å². The van der Waals surface area contributed by atoms with Crippen LogP contribution in [0, 0.1) is 5.92 Å². The van der Waals surface area contributed by atoms with Crippen molar-refractivity contribution in [1.82, 2.24) is 25.3 Å². The van der Waals surface area contributed by atoms with E-state index in [1.165, 1.54) is 6.20 Å². The van der Waals surface area contributed by atoms with Crippen molar-refractivity contribution in [3.63, 3.8) is 0 Å². The minimum atomic E-state index is -0.327. The van der Waals surface area contributed by atoms with Crippen molar-refractivity contribution in [1.29, 1.82) is 0 Å². The molecule has 1 amide bonds. The van der Waals surface area contributed by atoms with Crippen molar-refractivity contribution in [3.8, 4) is 0 Å². The van der Waals surface area contributed by atoms with E-state index in [-0.39, 0.29) is 28.6 Å². The molecule has 1 fully saturated rings. The number of hydrogen-bond acceptors (Lipinski definition) is 5. The van der Waals surface area contributed by atoms with E-state index in [4.69, 9.17) is 11.6 Å². The molecule has 1 saturated heterocycles. The van der Waals surface area contributed by atoms with Gasteiger partial charge in [-0.3, -0.25) is 4.79 Å². The molecule has 0 spiro atoms. The first kappa shape index (κ1) is 18.7. The molecule has 1 aliphatic rings. The number of halogens is 1. The van der Waals surface area contributed by atoms with E-state index in [1.54, 1.807) is 0 Å². The van der Waals surface area contributed by atoms with Crippen molar-refractivity contribution < 1.29 is 4.79 Å². The lowest BCUT2D eigenvalue weighted by Crippen LogP contribution is -2.33. The van der Waals surface area contributed by atoms with E-state index in [0.29, 0.717) is 5.95 Å². The first-order valence-corrected chi connectivity index (χ1v) is 9.93. The molecule has 2 N–H and O–H groups in total. The highest BCUT2D eigenvalue weighted by Gasteiger charge is 2.25. The standard InChI is InChI=1S/C20H23ClN6O/c1-12(2)16(18-23-14-7-3-4-8-15(14)24-18)25-19(28)17-13(21)11-22-20(26-17)27-9-5-6-10-27/h3-4,7-8,11-12,16H,5-6,9-10H2,1-2H3,(H,23,24)(H,25,28)/t16-/m0/s1. The summed E-state index contributed by atoms with van der Waals surface area (Å²) >= 11 is 6.24. The van der Waals surface area contributed by atoms with E-state index in [2.05, 4.69) is 30.2 Å². The maximum absolute atomic E-state index is 13.0. The van der Waals surface area contributed by atoms with Gasteiger partial charge >= 0.3 is 0 Å². The second kappa shape index (κ2) is 7.75. The Balaban J connectivity index is 1.60. The summed E-state index contributed by atoms with van der Waals surface area (Å²) in [6, 6.07) is 7.51. The molecule has 0 radical (unpaired) electrons. The first-order valence-electron chi connectivity index (χ1n) is 9.56. The van der Waals surface area contributed by atoms with E-state index in [9.17, 15) is 4.79 Å². The third kappa shape index (κ3) is 3.67. The molecular formula is C20H23ClN6O. The van der Waals surface area contributed by atoms with Crippen LogP contribution in [0.15, 0.2) is 30.5 Å². The second-order valence-electron chi connectivity index (χ2n) is 7.40. The highest BCUT2D eigenvalue weighted by molar-refractivity contribution is 6.33. The van der Waals surface area contributed by atoms with E-state index in [0.717, 1.165) is 42.8 Å². The number of carbonyl (C=O) groups is 1. The van der Waals surface area contributed by atoms with Crippen LogP contribution in [0.25, 0.3) is 11.0 Å². The zero-order valence-corrected chi connectivity index (χ0v) is 16.7. The third-order valence-electron chi connectivity index (χ3n) is 4.99. The summed E-state index contributed by atoms with van der Waals surface area (Å²) in [6.45, 7) is 5.87. The summed E-state index contributed by atoms with van der Waals surface area (Å²) in [5.74, 6) is 1.07. The molecule has 8 heteroatoms. The number of aromatic nitrogens is 4. The number of hydrogen-bond donors (Lipinski definition) is 2. The van der Waals surface area contributed by atoms with Gasteiger partial charge in [0.15, 0.2) is 5.69 Å². The lowest BCUT2D eigenvalue weighted by Gasteiger charge is -2.21. The van der Waals surface area contributed by atoms with E-state index in [1.807, 2.05) is 38.1 Å². The minimum absolute atomic E-state index is 0.128. The van der Waals surface area contributed by atoms with E-state index >= 15 is 0 Å². The zero-order valence-electron chi connectivity index (χ0n) is 15.9. The van der Waals surface area contributed by atoms with Gasteiger partial charge in [0.25, 0.3) is 5.91 Å². The summed E-state index contributed by atoms with van der Waals surface area (Å²) in [5, 5.41) is 3.29. The summed E-state index contributed by atoms with van der Waals surface area (Å²) in [6.07, 6.45) is 3.71. The first-order chi connectivity index (χ1) is 13.5.